The van der Waals surface area contributed by atoms with Gasteiger partial charge in [0.15, 0.2) is 0 Å². The fourth-order valence-corrected chi connectivity index (χ4v) is 3.10. The summed E-state index contributed by atoms with van der Waals surface area (Å²) in [5.41, 5.74) is 1.48. The van der Waals surface area contributed by atoms with Crippen molar-refractivity contribution in [1.29, 1.82) is 0 Å². The minimum atomic E-state index is -1.47. The van der Waals surface area contributed by atoms with E-state index in [1.54, 1.807) is 0 Å². The molecule has 1 aliphatic carbocycles. The number of ether oxygens (including phenoxy) is 2. The van der Waals surface area contributed by atoms with Crippen LogP contribution in [0.1, 0.15) is 17.7 Å². The third-order valence-electron chi connectivity index (χ3n) is 4.29. The molecule has 5 nitrogen and oxygen atoms in total. The lowest BCUT2D eigenvalue weighted by atomic mass is 9.85. The molecule has 1 aromatic heterocycles. The number of carbonyl (C=O) groups is 2. The summed E-state index contributed by atoms with van der Waals surface area (Å²) >= 11 is 0. The Balaban J connectivity index is 2.17. The number of carbonyl (C=O) groups excluding carboxylic acids is 2. The normalized spacial score (nSPS) is 14.9. The largest absolute Gasteiger partial charge is 0.468 e. The Hall–Kier alpha value is -2.69. The van der Waals surface area contributed by atoms with E-state index in [0.717, 1.165) is 11.1 Å². The number of fused-ring (bicyclic) bond motifs is 1. The number of nitrogens with zero attached hydrogens (tertiary/aromatic N) is 1. The van der Waals surface area contributed by atoms with Gasteiger partial charge in [-0.25, -0.2) is 0 Å². The van der Waals surface area contributed by atoms with Gasteiger partial charge in [-0.3, -0.25) is 14.6 Å². The fourth-order valence-electron chi connectivity index (χ4n) is 3.10. The number of pyridine rings is 1. The molecule has 0 radical (unpaired) electrons. The number of esters is 2. The highest BCUT2D eigenvalue weighted by Crippen LogP contribution is 2.41. The average molecular weight is 311 g/mol. The van der Waals surface area contributed by atoms with E-state index < -0.39 is 17.4 Å². The summed E-state index contributed by atoms with van der Waals surface area (Å²) in [5, 5.41) is 0. The van der Waals surface area contributed by atoms with Crippen LogP contribution in [0.5, 0.6) is 0 Å². The number of aromatic nitrogens is 1. The van der Waals surface area contributed by atoms with Gasteiger partial charge in [0.25, 0.3) is 0 Å². The minimum absolute atomic E-state index is 0.312. The maximum Gasteiger partial charge on any atom is 0.329 e. The van der Waals surface area contributed by atoms with Crippen LogP contribution in [0.4, 0.5) is 0 Å². The lowest BCUT2D eigenvalue weighted by molar-refractivity contribution is -0.162. The van der Waals surface area contributed by atoms with Gasteiger partial charge in [-0.15, -0.1) is 0 Å². The zero-order valence-corrected chi connectivity index (χ0v) is 13.0. The maximum atomic E-state index is 12.4. The summed E-state index contributed by atoms with van der Waals surface area (Å²) in [6, 6.07) is 13.4. The van der Waals surface area contributed by atoms with Gasteiger partial charge in [-0.1, -0.05) is 36.4 Å². The number of hydrogen-bond acceptors (Lipinski definition) is 5. The summed E-state index contributed by atoms with van der Waals surface area (Å²) in [4.78, 5) is 29.4. The first-order chi connectivity index (χ1) is 11.1. The molecule has 118 valence electrons. The molecule has 0 unspecified atom stereocenters. The van der Waals surface area contributed by atoms with Crippen LogP contribution in [0, 0.1) is 0 Å². The first-order valence-corrected chi connectivity index (χ1v) is 7.36. The first kappa shape index (κ1) is 15.2. The van der Waals surface area contributed by atoms with E-state index in [1.807, 2.05) is 42.5 Å². The number of methoxy groups -OCH3 is 2. The van der Waals surface area contributed by atoms with Crippen LogP contribution in [0.2, 0.25) is 0 Å². The Bertz CT molecular complexity index is 739. The fraction of sp³-hybridized carbons (Fsp3) is 0.278. The molecular formula is C18H17NO4. The van der Waals surface area contributed by atoms with E-state index in [4.69, 9.17) is 9.47 Å². The van der Waals surface area contributed by atoms with Crippen LogP contribution in [0.15, 0.2) is 42.5 Å². The van der Waals surface area contributed by atoms with Gasteiger partial charge in [0.1, 0.15) is 0 Å². The zero-order valence-electron chi connectivity index (χ0n) is 13.0. The van der Waals surface area contributed by atoms with Crippen molar-refractivity contribution >= 4 is 11.9 Å². The standard InChI is InChI=1S/C18H17NO4/c1-22-16(20)18(17(21)23-2)11-10-13-8-9-14(19-15(13)18)12-6-4-3-5-7-12/h3-9H,10-11H2,1-2H3. The molecule has 0 fully saturated rings. The van der Waals surface area contributed by atoms with Crippen LogP contribution in [0.25, 0.3) is 11.3 Å². The highest BCUT2D eigenvalue weighted by Gasteiger charge is 2.55. The topological polar surface area (TPSA) is 65.5 Å². The molecule has 0 amide bonds. The van der Waals surface area contributed by atoms with Crippen LogP contribution in [-0.2, 0) is 30.9 Å². The summed E-state index contributed by atoms with van der Waals surface area (Å²) in [5.74, 6) is -1.25. The SMILES string of the molecule is COC(=O)C1(C(=O)OC)CCc2ccc(-c3ccccc3)nc21. The smallest absolute Gasteiger partial charge is 0.329 e. The Morgan fingerprint density at radius 3 is 2.26 bits per heavy atom. The molecular weight excluding hydrogens is 294 g/mol. The van der Waals surface area contributed by atoms with Crippen molar-refractivity contribution in [1.82, 2.24) is 4.98 Å². The zero-order chi connectivity index (χ0) is 16.4. The van der Waals surface area contributed by atoms with E-state index >= 15 is 0 Å². The van der Waals surface area contributed by atoms with E-state index in [9.17, 15) is 9.59 Å². The Labute approximate surface area is 134 Å². The molecule has 1 heterocycles. The van der Waals surface area contributed by atoms with Crippen molar-refractivity contribution in [3.05, 3.63) is 53.7 Å². The summed E-state index contributed by atoms with van der Waals surface area (Å²) in [6.45, 7) is 0. The third kappa shape index (κ3) is 2.29. The molecule has 2 aromatic rings. The van der Waals surface area contributed by atoms with Crippen LogP contribution in [-0.4, -0.2) is 31.1 Å². The van der Waals surface area contributed by atoms with Crippen LogP contribution < -0.4 is 0 Å². The molecule has 5 heteroatoms. The third-order valence-corrected chi connectivity index (χ3v) is 4.29. The molecule has 0 N–H and O–H groups in total. The molecule has 3 rings (SSSR count). The molecule has 0 saturated carbocycles. The number of rotatable bonds is 3. The predicted molar refractivity (Wildman–Crippen MR) is 83.7 cm³/mol. The molecule has 0 atom stereocenters. The summed E-state index contributed by atoms with van der Waals surface area (Å²) in [7, 11) is 2.54. The maximum absolute atomic E-state index is 12.4. The summed E-state index contributed by atoms with van der Waals surface area (Å²) in [6.07, 6.45) is 0.897. The van der Waals surface area contributed by atoms with Gasteiger partial charge < -0.3 is 9.47 Å². The second-order valence-corrected chi connectivity index (χ2v) is 5.46. The van der Waals surface area contributed by atoms with Gasteiger partial charge >= 0.3 is 11.9 Å². The highest BCUT2D eigenvalue weighted by atomic mass is 16.5. The lowest BCUT2D eigenvalue weighted by Gasteiger charge is -2.23. The molecule has 1 aliphatic rings. The first-order valence-electron chi connectivity index (χ1n) is 7.36. The van der Waals surface area contributed by atoms with Crippen LogP contribution in [0.3, 0.4) is 0 Å². The average Bonchev–Trinajstić information content (AvgIpc) is 3.00. The van der Waals surface area contributed by atoms with Crippen molar-refractivity contribution in [3.8, 4) is 11.3 Å². The molecule has 23 heavy (non-hydrogen) atoms. The van der Waals surface area contributed by atoms with E-state index in [1.165, 1.54) is 14.2 Å². The van der Waals surface area contributed by atoms with Gasteiger partial charge in [0.05, 0.1) is 25.6 Å². The molecule has 1 aromatic carbocycles. The predicted octanol–water partition coefficient (Wildman–Crippen LogP) is 2.28. The van der Waals surface area contributed by atoms with E-state index in [-0.39, 0.29) is 0 Å². The second-order valence-electron chi connectivity index (χ2n) is 5.46. The second kappa shape index (κ2) is 5.83. The van der Waals surface area contributed by atoms with Gasteiger partial charge in [-0.2, -0.15) is 0 Å². The Morgan fingerprint density at radius 1 is 1.00 bits per heavy atom. The number of aryl methyl sites for hydroxylation is 1. The minimum Gasteiger partial charge on any atom is -0.468 e. The lowest BCUT2D eigenvalue weighted by Crippen LogP contribution is -2.44. The molecule has 0 spiro atoms. The van der Waals surface area contributed by atoms with Crippen molar-refractivity contribution in [2.45, 2.75) is 18.3 Å². The van der Waals surface area contributed by atoms with Crippen molar-refractivity contribution in [2.75, 3.05) is 14.2 Å². The highest BCUT2D eigenvalue weighted by molar-refractivity contribution is 6.07. The number of hydrogen-bond donors (Lipinski definition) is 0. The monoisotopic (exact) mass is 311 g/mol. The summed E-state index contributed by atoms with van der Waals surface area (Å²) < 4.78 is 9.77. The van der Waals surface area contributed by atoms with E-state index in [0.29, 0.717) is 24.2 Å². The van der Waals surface area contributed by atoms with Gasteiger partial charge in [0, 0.05) is 5.56 Å². The molecule has 0 saturated heterocycles. The number of benzene rings is 1. The Kier molecular flexibility index (Phi) is 3.86. The van der Waals surface area contributed by atoms with Crippen molar-refractivity contribution in [2.24, 2.45) is 0 Å². The van der Waals surface area contributed by atoms with Crippen molar-refractivity contribution < 1.29 is 19.1 Å². The van der Waals surface area contributed by atoms with Crippen LogP contribution >= 0.6 is 0 Å². The molecule has 0 bridgehead atoms. The Morgan fingerprint density at radius 2 is 1.65 bits per heavy atom. The van der Waals surface area contributed by atoms with E-state index in [2.05, 4.69) is 4.98 Å². The quantitative estimate of drug-likeness (QED) is 0.642. The van der Waals surface area contributed by atoms with Gasteiger partial charge in [0.2, 0.25) is 5.41 Å². The molecule has 0 aliphatic heterocycles. The van der Waals surface area contributed by atoms with Gasteiger partial charge in [-0.05, 0) is 24.5 Å². The van der Waals surface area contributed by atoms with Crippen molar-refractivity contribution in [3.63, 3.8) is 0 Å².